The average molecular weight is 349 g/mol. The molecule has 0 N–H and O–H groups in total. The average Bonchev–Trinajstić information content (AvgIpc) is 2.79. The highest BCUT2D eigenvalue weighted by molar-refractivity contribution is 7.90. The van der Waals surface area contributed by atoms with Gasteiger partial charge in [-0.2, -0.15) is 17.2 Å². The second kappa shape index (κ2) is 5.01. The van der Waals surface area contributed by atoms with Crippen LogP contribution < -0.4 is 4.74 Å². The van der Waals surface area contributed by atoms with Crippen LogP contribution in [0.3, 0.4) is 0 Å². The van der Waals surface area contributed by atoms with E-state index >= 15 is 0 Å². The highest BCUT2D eigenvalue weighted by atomic mass is 32.2. The standard InChI is InChI=1S/C13H4F5NO3S/c14-7-8(15)10(17)12(11(18)9(7)16)22-13-5-3-1-2-4-6(5)23(20,21)19-13/h1-4H. The van der Waals surface area contributed by atoms with Gasteiger partial charge in [0.2, 0.25) is 40.7 Å². The number of sulfonamides is 1. The van der Waals surface area contributed by atoms with Crippen LogP contribution in [-0.4, -0.2) is 14.3 Å². The van der Waals surface area contributed by atoms with Crippen molar-refractivity contribution in [3.63, 3.8) is 0 Å². The minimum atomic E-state index is -4.17. The van der Waals surface area contributed by atoms with E-state index in [4.69, 9.17) is 0 Å². The van der Waals surface area contributed by atoms with Crippen molar-refractivity contribution in [1.29, 1.82) is 0 Å². The fourth-order valence-electron chi connectivity index (χ4n) is 1.92. The Morgan fingerprint density at radius 2 is 1.35 bits per heavy atom. The predicted molar refractivity (Wildman–Crippen MR) is 67.0 cm³/mol. The number of hydrogen-bond acceptors (Lipinski definition) is 3. The number of hydrogen-bond donors (Lipinski definition) is 0. The number of benzene rings is 2. The van der Waals surface area contributed by atoms with Gasteiger partial charge in [0.1, 0.15) is 4.90 Å². The topological polar surface area (TPSA) is 55.7 Å². The van der Waals surface area contributed by atoms with Crippen molar-refractivity contribution in [2.75, 3.05) is 0 Å². The molecule has 0 aliphatic carbocycles. The molecule has 0 fully saturated rings. The fraction of sp³-hybridized carbons (Fsp3) is 0. The molecule has 3 rings (SSSR count). The van der Waals surface area contributed by atoms with Gasteiger partial charge in [0, 0.05) is 0 Å². The van der Waals surface area contributed by atoms with Gasteiger partial charge in [-0.3, -0.25) is 0 Å². The summed E-state index contributed by atoms with van der Waals surface area (Å²) < 4.78 is 97.6. The number of nitrogens with zero attached hydrogens (tertiary/aromatic N) is 1. The van der Waals surface area contributed by atoms with E-state index in [-0.39, 0.29) is 10.5 Å². The number of rotatable bonds is 1. The van der Waals surface area contributed by atoms with Crippen molar-refractivity contribution in [3.8, 4) is 5.75 Å². The van der Waals surface area contributed by atoms with Gasteiger partial charge in [0.15, 0.2) is 0 Å². The summed E-state index contributed by atoms with van der Waals surface area (Å²) in [6, 6.07) is 5.12. The molecule has 120 valence electrons. The van der Waals surface area contributed by atoms with Gasteiger partial charge in [0.05, 0.1) is 5.56 Å². The van der Waals surface area contributed by atoms with Crippen LogP contribution in [0.2, 0.25) is 0 Å². The van der Waals surface area contributed by atoms with E-state index in [1.165, 1.54) is 18.2 Å². The van der Waals surface area contributed by atoms with Crippen LogP contribution in [0.5, 0.6) is 5.75 Å². The summed E-state index contributed by atoms with van der Waals surface area (Å²) in [4.78, 5) is -0.307. The summed E-state index contributed by atoms with van der Waals surface area (Å²) in [5.41, 5.74) is -0.156. The molecular weight excluding hydrogens is 345 g/mol. The molecular formula is C13H4F5NO3S. The van der Waals surface area contributed by atoms with E-state index in [9.17, 15) is 30.4 Å². The Morgan fingerprint density at radius 1 is 0.826 bits per heavy atom. The summed E-state index contributed by atoms with van der Waals surface area (Å²) in [5, 5.41) is 0. The Morgan fingerprint density at radius 3 is 1.96 bits per heavy atom. The molecule has 1 aliphatic heterocycles. The van der Waals surface area contributed by atoms with Crippen LogP contribution >= 0.6 is 0 Å². The van der Waals surface area contributed by atoms with E-state index in [1.54, 1.807) is 0 Å². The van der Waals surface area contributed by atoms with Crippen LogP contribution in [0.4, 0.5) is 22.0 Å². The Hall–Kier alpha value is -2.49. The molecule has 1 aliphatic rings. The van der Waals surface area contributed by atoms with Crippen molar-refractivity contribution in [3.05, 3.63) is 58.9 Å². The minimum Gasteiger partial charge on any atom is -0.431 e. The maximum atomic E-state index is 13.6. The molecule has 0 bridgehead atoms. The molecule has 0 aromatic heterocycles. The number of halogens is 5. The number of fused-ring (bicyclic) bond motifs is 1. The molecule has 0 amide bonds. The van der Waals surface area contributed by atoms with Gasteiger partial charge in [-0.1, -0.05) is 12.1 Å². The molecule has 0 saturated carbocycles. The van der Waals surface area contributed by atoms with Gasteiger partial charge in [0.25, 0.3) is 10.0 Å². The van der Waals surface area contributed by atoms with Crippen molar-refractivity contribution >= 4 is 15.9 Å². The van der Waals surface area contributed by atoms with Gasteiger partial charge >= 0.3 is 0 Å². The first kappa shape index (κ1) is 15.4. The van der Waals surface area contributed by atoms with E-state index < -0.39 is 50.8 Å². The van der Waals surface area contributed by atoms with Crippen LogP contribution in [0.15, 0.2) is 33.6 Å². The Kier molecular flexibility index (Phi) is 3.36. The van der Waals surface area contributed by atoms with Crippen molar-refractivity contribution < 1.29 is 35.1 Å². The zero-order valence-electron chi connectivity index (χ0n) is 10.8. The first-order valence-corrected chi connectivity index (χ1v) is 7.31. The molecule has 0 unspecified atom stereocenters. The minimum absolute atomic E-state index is 0.156. The SMILES string of the molecule is O=S1(=O)N=C(Oc2c(F)c(F)c(F)c(F)c2F)c2ccccc21. The molecule has 4 nitrogen and oxygen atoms in total. The van der Waals surface area contributed by atoms with Crippen LogP contribution in [-0.2, 0) is 10.0 Å². The third-order valence-corrected chi connectivity index (χ3v) is 4.28. The molecule has 2 aromatic rings. The maximum absolute atomic E-state index is 13.6. The number of ether oxygens (including phenoxy) is 1. The Balaban J connectivity index is 2.16. The molecule has 0 radical (unpaired) electrons. The lowest BCUT2D eigenvalue weighted by Gasteiger charge is -2.09. The van der Waals surface area contributed by atoms with Crippen molar-refractivity contribution in [2.24, 2.45) is 4.40 Å². The Labute approximate surface area is 125 Å². The van der Waals surface area contributed by atoms with Crippen LogP contribution in [0, 0.1) is 29.1 Å². The lowest BCUT2D eigenvalue weighted by Crippen LogP contribution is -2.13. The molecule has 0 saturated heterocycles. The third-order valence-electron chi connectivity index (χ3n) is 2.97. The Bertz CT molecular complexity index is 943. The fourth-order valence-corrected chi connectivity index (χ4v) is 3.06. The van der Waals surface area contributed by atoms with E-state index in [0.29, 0.717) is 0 Å². The summed E-state index contributed by atoms with van der Waals surface area (Å²) >= 11 is 0. The highest BCUT2D eigenvalue weighted by Gasteiger charge is 2.33. The third kappa shape index (κ3) is 2.25. The smallest absolute Gasteiger partial charge is 0.286 e. The summed E-state index contributed by atoms with van der Waals surface area (Å²) in [5.74, 6) is -13.7. The van der Waals surface area contributed by atoms with Crippen LogP contribution in [0.1, 0.15) is 5.56 Å². The zero-order chi connectivity index (χ0) is 16.9. The van der Waals surface area contributed by atoms with E-state index in [1.807, 2.05) is 0 Å². The van der Waals surface area contributed by atoms with Crippen LogP contribution in [0.25, 0.3) is 0 Å². The molecule has 23 heavy (non-hydrogen) atoms. The maximum Gasteiger partial charge on any atom is 0.286 e. The monoisotopic (exact) mass is 349 g/mol. The second-order valence-corrected chi connectivity index (χ2v) is 5.94. The van der Waals surface area contributed by atoms with E-state index in [0.717, 1.165) is 6.07 Å². The normalized spacial score (nSPS) is 15.3. The lowest BCUT2D eigenvalue weighted by atomic mass is 10.2. The molecule has 2 aromatic carbocycles. The quantitative estimate of drug-likeness (QED) is 0.452. The van der Waals surface area contributed by atoms with Gasteiger partial charge in [-0.05, 0) is 12.1 Å². The van der Waals surface area contributed by atoms with Crippen molar-refractivity contribution in [2.45, 2.75) is 4.90 Å². The lowest BCUT2D eigenvalue weighted by molar-refractivity contribution is 0.345. The molecule has 0 spiro atoms. The zero-order valence-corrected chi connectivity index (χ0v) is 11.6. The summed E-state index contributed by atoms with van der Waals surface area (Å²) in [7, 11) is -4.17. The highest BCUT2D eigenvalue weighted by Crippen LogP contribution is 2.32. The largest absolute Gasteiger partial charge is 0.431 e. The molecule has 0 atom stereocenters. The van der Waals surface area contributed by atoms with Crippen molar-refractivity contribution in [1.82, 2.24) is 0 Å². The second-order valence-electron chi connectivity index (χ2n) is 4.37. The van der Waals surface area contributed by atoms with Gasteiger partial charge < -0.3 is 4.74 Å². The predicted octanol–water partition coefficient (Wildman–Crippen LogP) is 2.91. The van der Waals surface area contributed by atoms with E-state index in [2.05, 4.69) is 9.13 Å². The molecule has 10 heteroatoms. The van der Waals surface area contributed by atoms with Gasteiger partial charge in [-0.15, -0.1) is 4.40 Å². The summed E-state index contributed by atoms with van der Waals surface area (Å²) in [6.45, 7) is 0. The first-order valence-electron chi connectivity index (χ1n) is 5.87. The summed E-state index contributed by atoms with van der Waals surface area (Å²) in [6.07, 6.45) is 0. The van der Waals surface area contributed by atoms with Gasteiger partial charge in [-0.25, -0.2) is 13.2 Å². The first-order chi connectivity index (χ1) is 10.7. The molecule has 1 heterocycles.